The van der Waals surface area contributed by atoms with Crippen molar-refractivity contribution in [1.29, 1.82) is 0 Å². The molecule has 2 aliphatic heterocycles. The summed E-state index contributed by atoms with van der Waals surface area (Å²) in [6.07, 6.45) is 1.92. The van der Waals surface area contributed by atoms with Crippen LogP contribution in [-0.4, -0.2) is 46.2 Å². The number of aryl methyl sites for hydroxylation is 2. The van der Waals surface area contributed by atoms with Crippen molar-refractivity contribution in [3.63, 3.8) is 0 Å². The van der Waals surface area contributed by atoms with Gasteiger partial charge in [-0.2, -0.15) is 0 Å². The zero-order valence-corrected chi connectivity index (χ0v) is 27.5. The van der Waals surface area contributed by atoms with Crippen molar-refractivity contribution >= 4 is 23.3 Å². The molecule has 7 heteroatoms. The highest BCUT2D eigenvalue weighted by Crippen LogP contribution is 2.45. The van der Waals surface area contributed by atoms with Crippen molar-refractivity contribution in [3.8, 4) is 11.1 Å². The Morgan fingerprint density at radius 3 is 2.33 bits per heavy atom. The van der Waals surface area contributed by atoms with Crippen LogP contribution in [0.3, 0.4) is 0 Å². The molecular formula is C36H46ClN3O3. The van der Waals surface area contributed by atoms with Gasteiger partial charge in [-0.3, -0.25) is 9.88 Å². The van der Waals surface area contributed by atoms with Crippen LogP contribution in [0.4, 0.5) is 5.69 Å². The Kier molecular flexibility index (Phi) is 8.95. The van der Waals surface area contributed by atoms with E-state index in [0.29, 0.717) is 11.3 Å². The van der Waals surface area contributed by atoms with Gasteiger partial charge in [0.05, 0.1) is 11.3 Å². The Morgan fingerprint density at radius 1 is 1.02 bits per heavy atom. The molecule has 2 aromatic carbocycles. The first-order chi connectivity index (χ1) is 20.2. The van der Waals surface area contributed by atoms with E-state index in [1.165, 1.54) is 16.7 Å². The van der Waals surface area contributed by atoms with Gasteiger partial charge in [-0.25, -0.2) is 4.79 Å². The number of carbonyl (C=O) groups is 1. The van der Waals surface area contributed by atoms with Crippen molar-refractivity contribution in [1.82, 2.24) is 9.88 Å². The van der Waals surface area contributed by atoms with Crippen molar-refractivity contribution in [2.24, 2.45) is 5.41 Å². The molecule has 0 amide bonds. The molecule has 0 saturated carbocycles. The van der Waals surface area contributed by atoms with Gasteiger partial charge >= 0.3 is 5.97 Å². The second-order valence-electron chi connectivity index (χ2n) is 14.1. The van der Waals surface area contributed by atoms with Gasteiger partial charge in [0.1, 0.15) is 0 Å². The number of benzene rings is 2. The summed E-state index contributed by atoms with van der Waals surface area (Å²) in [5, 5.41) is 11.2. The minimum Gasteiger partial charge on any atom is -0.479 e. The molecule has 0 unspecified atom stereocenters. The number of ether oxygens (including phenoxy) is 1. The van der Waals surface area contributed by atoms with Gasteiger partial charge in [0.25, 0.3) is 0 Å². The Hall–Kier alpha value is -2.93. The highest BCUT2D eigenvalue weighted by atomic mass is 35.5. The van der Waals surface area contributed by atoms with Crippen LogP contribution in [0.2, 0.25) is 5.02 Å². The van der Waals surface area contributed by atoms with Gasteiger partial charge in [-0.05, 0) is 93.7 Å². The van der Waals surface area contributed by atoms with Crippen LogP contribution in [0, 0.1) is 19.3 Å². The number of aromatic nitrogens is 1. The van der Waals surface area contributed by atoms with Crippen molar-refractivity contribution < 1.29 is 14.6 Å². The highest BCUT2D eigenvalue weighted by Gasteiger charge is 2.36. The molecule has 0 aliphatic carbocycles. The minimum absolute atomic E-state index is 0.256. The van der Waals surface area contributed by atoms with Gasteiger partial charge in [0.15, 0.2) is 6.10 Å². The molecule has 1 saturated heterocycles. The number of piperidine rings is 1. The average Bonchev–Trinajstić information content (AvgIpc) is 2.92. The van der Waals surface area contributed by atoms with Gasteiger partial charge in [-0.15, -0.1) is 0 Å². The molecule has 0 spiro atoms. The third kappa shape index (κ3) is 7.25. The lowest BCUT2D eigenvalue weighted by Crippen LogP contribution is -2.39. The lowest BCUT2D eigenvalue weighted by molar-refractivity contribution is -0.160. The van der Waals surface area contributed by atoms with E-state index in [0.717, 1.165) is 79.5 Å². The number of pyridine rings is 1. The maximum atomic E-state index is 12.8. The summed E-state index contributed by atoms with van der Waals surface area (Å²) in [6.45, 7) is 18.8. The summed E-state index contributed by atoms with van der Waals surface area (Å²) < 4.78 is 6.25. The molecule has 6 nitrogen and oxygen atoms in total. The van der Waals surface area contributed by atoms with E-state index >= 15 is 0 Å². The quantitative estimate of drug-likeness (QED) is 0.294. The van der Waals surface area contributed by atoms with Crippen LogP contribution in [0.15, 0.2) is 42.5 Å². The molecule has 230 valence electrons. The van der Waals surface area contributed by atoms with Crippen LogP contribution in [0.1, 0.15) is 87.2 Å². The summed E-state index contributed by atoms with van der Waals surface area (Å²) in [7, 11) is 0. The van der Waals surface area contributed by atoms with Crippen LogP contribution < -0.4 is 4.90 Å². The van der Waals surface area contributed by atoms with E-state index in [2.05, 4.69) is 60.9 Å². The number of fused-ring (bicyclic) bond motifs is 1. The zero-order valence-electron chi connectivity index (χ0n) is 26.8. The first kappa shape index (κ1) is 31.5. The fourth-order valence-electron chi connectivity index (χ4n) is 6.50. The van der Waals surface area contributed by atoms with Crippen LogP contribution in [0.5, 0.6) is 0 Å². The number of hydrogen-bond acceptors (Lipinski definition) is 5. The third-order valence-corrected chi connectivity index (χ3v) is 9.13. The minimum atomic E-state index is -1.11. The number of hydrogen-bond donors (Lipinski definition) is 1. The number of rotatable bonds is 7. The Bertz CT molecular complexity index is 1480. The van der Waals surface area contributed by atoms with E-state index in [1.54, 1.807) is 0 Å². The molecule has 2 aliphatic rings. The summed E-state index contributed by atoms with van der Waals surface area (Å²) in [4.78, 5) is 22.6. The summed E-state index contributed by atoms with van der Waals surface area (Å²) >= 11 is 6.09. The lowest BCUT2D eigenvalue weighted by atomic mass is 9.81. The summed E-state index contributed by atoms with van der Waals surface area (Å²) in [5.41, 5.74) is 8.96. The molecule has 0 bridgehead atoms. The van der Waals surface area contributed by atoms with Crippen molar-refractivity contribution in [2.75, 3.05) is 24.5 Å². The predicted molar refractivity (Wildman–Crippen MR) is 175 cm³/mol. The second-order valence-corrected chi connectivity index (χ2v) is 14.5. The second kappa shape index (κ2) is 12.2. The molecule has 1 fully saturated rings. The predicted octanol–water partition coefficient (Wildman–Crippen LogP) is 8.14. The normalized spacial score (nSPS) is 17.9. The fourth-order valence-corrected chi connectivity index (χ4v) is 6.63. The standard InChI is InChI=1S/C36H46ClN3O3/c1-23-30(27-10-11-28-22-39(17-14-26(28)20-27)21-25-8-12-29(37)13-9-25)32(40-18-15-36(6,7)16-19-40)31(24(2)38-23)33(34(41)42)43-35(3,4)5/h8-13,20,33H,14-19,21-22H2,1-7H3,(H,41,42)/t33-/m0/s1. The number of anilines is 1. The number of halogens is 1. The SMILES string of the molecule is Cc1nc(C)c([C@H](OC(C)(C)C)C(=O)O)c(N2CCC(C)(C)CC2)c1-c1ccc2c(c1)CCN(Cc1ccc(Cl)cc1)C2. The maximum absolute atomic E-state index is 12.8. The molecule has 1 N–H and O–H groups in total. The van der Waals surface area contributed by atoms with Gasteiger partial charge in [-0.1, -0.05) is 55.8 Å². The number of carboxylic acids is 1. The molecule has 3 heterocycles. The van der Waals surface area contributed by atoms with Crippen LogP contribution >= 0.6 is 11.6 Å². The smallest absolute Gasteiger partial charge is 0.337 e. The number of carboxylic acid groups (broad SMARTS) is 1. The Labute approximate surface area is 262 Å². The fraction of sp³-hybridized carbons (Fsp3) is 0.500. The monoisotopic (exact) mass is 603 g/mol. The molecule has 3 aromatic rings. The topological polar surface area (TPSA) is 65.9 Å². The van der Waals surface area contributed by atoms with E-state index in [-0.39, 0.29) is 5.41 Å². The van der Waals surface area contributed by atoms with Crippen molar-refractivity contribution in [2.45, 2.75) is 92.5 Å². The molecule has 1 atom stereocenters. The number of aliphatic carboxylic acids is 1. The van der Waals surface area contributed by atoms with E-state index in [1.807, 2.05) is 39.8 Å². The number of nitrogens with zero attached hydrogens (tertiary/aromatic N) is 3. The van der Waals surface area contributed by atoms with Gasteiger partial charge in [0.2, 0.25) is 0 Å². The highest BCUT2D eigenvalue weighted by molar-refractivity contribution is 6.30. The molecule has 43 heavy (non-hydrogen) atoms. The maximum Gasteiger partial charge on any atom is 0.337 e. The summed E-state index contributed by atoms with van der Waals surface area (Å²) in [6, 6.07) is 14.9. The first-order valence-electron chi connectivity index (χ1n) is 15.5. The van der Waals surface area contributed by atoms with E-state index < -0.39 is 17.7 Å². The lowest BCUT2D eigenvalue weighted by Gasteiger charge is -2.41. The molecule has 5 rings (SSSR count). The van der Waals surface area contributed by atoms with Crippen LogP contribution in [-0.2, 0) is 29.0 Å². The first-order valence-corrected chi connectivity index (χ1v) is 15.8. The molecular weight excluding hydrogens is 558 g/mol. The summed E-state index contributed by atoms with van der Waals surface area (Å²) in [5.74, 6) is -0.987. The van der Waals surface area contributed by atoms with Crippen LogP contribution in [0.25, 0.3) is 11.1 Å². The van der Waals surface area contributed by atoms with Gasteiger partial charge < -0.3 is 14.7 Å². The molecule has 1 aromatic heterocycles. The Balaban J connectivity index is 1.56. The molecule has 0 radical (unpaired) electrons. The van der Waals surface area contributed by atoms with E-state index in [9.17, 15) is 9.90 Å². The van der Waals surface area contributed by atoms with E-state index in [4.69, 9.17) is 21.3 Å². The third-order valence-electron chi connectivity index (χ3n) is 8.88. The zero-order chi connectivity index (χ0) is 31.1. The Morgan fingerprint density at radius 2 is 1.70 bits per heavy atom. The van der Waals surface area contributed by atoms with Gasteiger partial charge in [0, 0.05) is 60.3 Å². The average molecular weight is 604 g/mol. The largest absolute Gasteiger partial charge is 0.479 e. The van der Waals surface area contributed by atoms with Crippen molar-refractivity contribution in [3.05, 3.63) is 81.1 Å².